The second-order valence-corrected chi connectivity index (χ2v) is 4.94. The molecule has 0 spiro atoms. The Labute approximate surface area is 94.0 Å². The number of rotatable bonds is 1. The molecule has 0 bridgehead atoms. The van der Waals surface area contributed by atoms with Crippen molar-refractivity contribution in [1.82, 2.24) is 10.2 Å². The quantitative estimate of drug-likeness (QED) is 0.544. The van der Waals surface area contributed by atoms with E-state index in [1.807, 2.05) is 13.8 Å². The molecule has 5 heteroatoms. The van der Waals surface area contributed by atoms with Crippen LogP contribution in [0.3, 0.4) is 0 Å². The van der Waals surface area contributed by atoms with Crippen molar-refractivity contribution in [2.24, 2.45) is 4.99 Å². The smallest absolute Gasteiger partial charge is 0.291 e. The number of likely N-dealkylation sites (tertiary alicyclic amines) is 1. The molecular formula is C10H14ClN3O. The number of nitrogens with one attached hydrogen (secondary N) is 1. The van der Waals surface area contributed by atoms with Crippen LogP contribution in [0.4, 0.5) is 0 Å². The van der Waals surface area contributed by atoms with Crippen LogP contribution < -0.4 is 5.32 Å². The van der Waals surface area contributed by atoms with Gasteiger partial charge in [0.15, 0.2) is 0 Å². The first-order valence-electron chi connectivity index (χ1n) is 4.96. The lowest BCUT2D eigenvalue weighted by Crippen LogP contribution is -2.59. The number of allylic oxidation sites excluding steroid dienone is 1. The van der Waals surface area contributed by atoms with Gasteiger partial charge in [-0.1, -0.05) is 0 Å². The largest absolute Gasteiger partial charge is 0.337 e. The van der Waals surface area contributed by atoms with Gasteiger partial charge in [-0.15, -0.1) is 0 Å². The van der Waals surface area contributed by atoms with E-state index in [2.05, 4.69) is 10.3 Å². The topological polar surface area (TPSA) is 44.7 Å². The number of aliphatic imine (C=N–C) groups is 1. The number of amides is 1. The van der Waals surface area contributed by atoms with Crippen molar-refractivity contribution >= 4 is 23.7 Å². The second kappa shape index (κ2) is 3.23. The number of alkyl halides is 1. The van der Waals surface area contributed by atoms with E-state index in [1.165, 1.54) is 0 Å². The highest BCUT2D eigenvalue weighted by Gasteiger charge is 2.49. The predicted octanol–water partition coefficient (Wildman–Crippen LogP) is 1.43. The van der Waals surface area contributed by atoms with E-state index in [0.29, 0.717) is 6.42 Å². The lowest BCUT2D eigenvalue weighted by atomic mass is 10.0. The van der Waals surface area contributed by atoms with Crippen LogP contribution in [0.1, 0.15) is 26.7 Å². The molecule has 0 aromatic rings. The Bertz CT molecular complexity index is 351. The van der Waals surface area contributed by atoms with Gasteiger partial charge in [0.1, 0.15) is 0 Å². The number of carbonyl (C=O) groups is 1. The normalized spacial score (nSPS) is 33.3. The summed E-state index contributed by atoms with van der Waals surface area (Å²) in [5.74, 6) is 0.0370. The van der Waals surface area contributed by atoms with Crippen LogP contribution in [0.15, 0.2) is 17.3 Å². The first kappa shape index (κ1) is 10.5. The van der Waals surface area contributed by atoms with Crippen molar-refractivity contribution in [2.45, 2.75) is 37.5 Å². The summed E-state index contributed by atoms with van der Waals surface area (Å²) in [5.41, 5.74) is -0.256. The molecule has 1 fully saturated rings. The van der Waals surface area contributed by atoms with E-state index < -0.39 is 5.25 Å². The minimum Gasteiger partial charge on any atom is -0.337 e. The monoisotopic (exact) mass is 227 g/mol. The zero-order chi connectivity index (χ0) is 11.1. The molecule has 0 aromatic heterocycles. The number of hydrogen-bond donors (Lipinski definition) is 1. The van der Waals surface area contributed by atoms with Crippen molar-refractivity contribution in [3.63, 3.8) is 0 Å². The Morgan fingerprint density at radius 1 is 1.60 bits per heavy atom. The van der Waals surface area contributed by atoms with Crippen LogP contribution in [-0.4, -0.2) is 27.8 Å². The molecule has 1 saturated heterocycles. The number of halogens is 1. The molecule has 1 atom stereocenters. The van der Waals surface area contributed by atoms with Gasteiger partial charge in [-0.25, -0.2) is 4.99 Å². The zero-order valence-corrected chi connectivity index (χ0v) is 9.58. The summed E-state index contributed by atoms with van der Waals surface area (Å²) >= 11 is 6.31. The van der Waals surface area contributed by atoms with E-state index in [1.54, 1.807) is 23.4 Å². The maximum atomic E-state index is 11.8. The maximum Gasteiger partial charge on any atom is 0.291 e. The fourth-order valence-corrected chi connectivity index (χ4v) is 2.48. The molecule has 1 amide bonds. The Morgan fingerprint density at radius 2 is 2.33 bits per heavy atom. The van der Waals surface area contributed by atoms with Gasteiger partial charge >= 0.3 is 0 Å². The molecule has 82 valence electrons. The average molecular weight is 228 g/mol. The van der Waals surface area contributed by atoms with Gasteiger partial charge in [0.25, 0.3) is 5.25 Å². The summed E-state index contributed by atoms with van der Waals surface area (Å²) < 4.78 is 0. The Kier molecular flexibility index (Phi) is 2.26. The summed E-state index contributed by atoms with van der Waals surface area (Å²) in [6, 6.07) is 0. The summed E-state index contributed by atoms with van der Waals surface area (Å²) in [6.45, 7) is 4.00. The van der Waals surface area contributed by atoms with E-state index in [0.717, 1.165) is 6.42 Å². The predicted molar refractivity (Wildman–Crippen MR) is 59.5 cm³/mol. The second-order valence-electron chi connectivity index (χ2n) is 4.41. The van der Waals surface area contributed by atoms with Crippen LogP contribution in [0.5, 0.6) is 0 Å². The SMILES string of the molecule is CC1(C)CCC(=O)N1C1(Cl)N=CC=CN1. The third kappa shape index (κ3) is 1.63. The van der Waals surface area contributed by atoms with Crippen LogP contribution >= 0.6 is 11.6 Å². The van der Waals surface area contributed by atoms with E-state index in [-0.39, 0.29) is 11.4 Å². The van der Waals surface area contributed by atoms with Crippen molar-refractivity contribution < 1.29 is 4.79 Å². The van der Waals surface area contributed by atoms with Crippen LogP contribution in [0.2, 0.25) is 0 Å². The molecule has 1 N–H and O–H groups in total. The summed E-state index contributed by atoms with van der Waals surface area (Å²) in [7, 11) is 0. The van der Waals surface area contributed by atoms with E-state index in [4.69, 9.17) is 11.6 Å². The molecule has 2 rings (SSSR count). The molecule has 2 heterocycles. The third-order valence-corrected chi connectivity index (χ3v) is 3.17. The molecule has 15 heavy (non-hydrogen) atoms. The van der Waals surface area contributed by atoms with Crippen LogP contribution in [-0.2, 0) is 4.79 Å². The molecule has 0 radical (unpaired) electrons. The summed E-state index contributed by atoms with van der Waals surface area (Å²) in [5, 5.41) is 1.77. The Morgan fingerprint density at radius 3 is 2.80 bits per heavy atom. The average Bonchev–Trinajstić information content (AvgIpc) is 2.42. The van der Waals surface area contributed by atoms with Gasteiger partial charge in [-0.3, -0.25) is 9.69 Å². The molecular weight excluding hydrogens is 214 g/mol. The number of nitrogens with zero attached hydrogens (tertiary/aromatic N) is 2. The van der Waals surface area contributed by atoms with Gasteiger partial charge in [0, 0.05) is 24.4 Å². The van der Waals surface area contributed by atoms with Gasteiger partial charge in [-0.2, -0.15) is 0 Å². The first-order chi connectivity index (χ1) is 6.96. The summed E-state index contributed by atoms with van der Waals surface area (Å²) in [6.07, 6.45) is 6.38. The van der Waals surface area contributed by atoms with Crippen molar-refractivity contribution in [3.8, 4) is 0 Å². The maximum absolute atomic E-state index is 11.8. The van der Waals surface area contributed by atoms with Gasteiger partial charge in [0.2, 0.25) is 5.91 Å². The van der Waals surface area contributed by atoms with Gasteiger partial charge in [-0.05, 0) is 37.9 Å². The molecule has 0 aliphatic carbocycles. The number of carbonyl (C=O) groups excluding carboxylic acids is 1. The van der Waals surface area contributed by atoms with Crippen molar-refractivity contribution in [3.05, 3.63) is 12.3 Å². The Hall–Kier alpha value is -1.03. The van der Waals surface area contributed by atoms with Crippen molar-refractivity contribution in [1.29, 1.82) is 0 Å². The standard InChI is InChI=1S/C10H14ClN3O/c1-9(2)5-4-8(15)14(9)10(11)12-6-3-7-13-10/h3,6-7,12H,4-5H2,1-2H3. The molecule has 2 aliphatic heterocycles. The lowest BCUT2D eigenvalue weighted by Gasteiger charge is -2.42. The minimum atomic E-state index is -1.15. The fourth-order valence-electron chi connectivity index (χ4n) is 2.04. The molecule has 0 aromatic carbocycles. The summed E-state index contributed by atoms with van der Waals surface area (Å²) in [4.78, 5) is 17.5. The van der Waals surface area contributed by atoms with Crippen molar-refractivity contribution in [2.75, 3.05) is 0 Å². The molecule has 0 saturated carbocycles. The highest BCUT2D eigenvalue weighted by molar-refractivity contribution is 6.25. The lowest BCUT2D eigenvalue weighted by molar-refractivity contribution is -0.135. The van der Waals surface area contributed by atoms with Crippen LogP contribution in [0, 0.1) is 0 Å². The van der Waals surface area contributed by atoms with Crippen LogP contribution in [0.25, 0.3) is 0 Å². The van der Waals surface area contributed by atoms with E-state index >= 15 is 0 Å². The molecule has 1 unspecified atom stereocenters. The fraction of sp³-hybridized carbons (Fsp3) is 0.600. The van der Waals surface area contributed by atoms with Gasteiger partial charge < -0.3 is 5.32 Å². The minimum absolute atomic E-state index is 0.0370. The van der Waals surface area contributed by atoms with E-state index in [9.17, 15) is 4.79 Å². The molecule has 4 nitrogen and oxygen atoms in total. The first-order valence-corrected chi connectivity index (χ1v) is 5.34. The van der Waals surface area contributed by atoms with Gasteiger partial charge in [0.05, 0.1) is 0 Å². The highest BCUT2D eigenvalue weighted by atomic mass is 35.5. The molecule has 2 aliphatic rings. The highest BCUT2D eigenvalue weighted by Crippen LogP contribution is 2.37. The zero-order valence-electron chi connectivity index (χ0n) is 8.83. The Balaban J connectivity index is 2.33. The third-order valence-electron chi connectivity index (χ3n) is 2.80. The number of hydrogen-bond acceptors (Lipinski definition) is 3.